The molecule has 0 spiro atoms. The van der Waals surface area contributed by atoms with Gasteiger partial charge in [0.15, 0.2) is 0 Å². The van der Waals surface area contributed by atoms with Gasteiger partial charge in [-0.1, -0.05) is 12.1 Å². The number of carbonyl (C=O) groups excluding carboxylic acids is 1. The average Bonchev–Trinajstić information content (AvgIpc) is 2.51. The van der Waals surface area contributed by atoms with Crippen LogP contribution >= 0.6 is 0 Å². The first-order valence-electron chi connectivity index (χ1n) is 7.02. The number of nitrogens with one attached hydrogen (secondary N) is 1. The number of carbonyl (C=O) groups is 1. The van der Waals surface area contributed by atoms with Crippen molar-refractivity contribution in [3.05, 3.63) is 35.4 Å². The second-order valence-electron chi connectivity index (χ2n) is 5.29. The van der Waals surface area contributed by atoms with E-state index in [1.807, 2.05) is 6.07 Å². The second kappa shape index (κ2) is 7.74. The molecule has 2 N–H and O–H groups in total. The first-order valence-corrected chi connectivity index (χ1v) is 7.02. The van der Waals surface area contributed by atoms with E-state index in [0.29, 0.717) is 12.0 Å². The van der Waals surface area contributed by atoms with Crippen molar-refractivity contribution in [1.82, 2.24) is 5.32 Å². The molecule has 0 aliphatic rings. The van der Waals surface area contributed by atoms with E-state index < -0.39 is 30.4 Å². The maximum atomic E-state index is 12.4. The molecule has 0 saturated heterocycles. The summed E-state index contributed by atoms with van der Waals surface area (Å²) in [5.74, 6) is -1.04. The first-order chi connectivity index (χ1) is 11.4. The number of nitriles is 1. The maximum Gasteiger partial charge on any atom is 0.428 e. The highest BCUT2D eigenvalue weighted by Gasteiger charge is 2.70. The average molecular weight is 368 g/mol. The summed E-state index contributed by atoms with van der Waals surface area (Å²) < 4.78 is 74.7. The topological polar surface area (TPSA) is 73.1 Å². The molecule has 25 heavy (non-hydrogen) atoms. The molecule has 1 amide bonds. The van der Waals surface area contributed by atoms with Crippen LogP contribution in [-0.2, 0) is 11.2 Å². The molecule has 0 unspecified atom stereocenters. The summed E-state index contributed by atoms with van der Waals surface area (Å²) in [6.07, 6.45) is -11.7. The molecule has 0 atom stereocenters. The van der Waals surface area contributed by atoms with E-state index in [9.17, 15) is 31.1 Å². The zero-order chi connectivity index (χ0) is 19.3. The van der Waals surface area contributed by atoms with Crippen LogP contribution in [0.2, 0.25) is 0 Å². The summed E-state index contributed by atoms with van der Waals surface area (Å²) in [7, 11) is 0. The number of rotatable bonds is 6. The van der Waals surface area contributed by atoms with Crippen LogP contribution in [0.3, 0.4) is 0 Å². The summed E-state index contributed by atoms with van der Waals surface area (Å²) in [6.45, 7) is -2.00. The Bertz CT molecular complexity index is 617. The normalized spacial score (nSPS) is 12.6. The Morgan fingerprint density at radius 3 is 2.04 bits per heavy atom. The monoisotopic (exact) mass is 368 g/mol. The quantitative estimate of drug-likeness (QED) is 0.759. The Balaban J connectivity index is 2.52. The third-order valence-corrected chi connectivity index (χ3v) is 3.43. The van der Waals surface area contributed by atoms with Crippen LogP contribution in [-0.4, -0.2) is 35.5 Å². The number of hydrogen-bond acceptors (Lipinski definition) is 3. The van der Waals surface area contributed by atoms with Crippen molar-refractivity contribution in [2.45, 2.75) is 37.2 Å². The molecule has 1 aromatic carbocycles. The number of hydrogen-bond donors (Lipinski definition) is 2. The highest BCUT2D eigenvalue weighted by atomic mass is 19.4. The molecule has 1 aromatic rings. The van der Waals surface area contributed by atoms with E-state index in [4.69, 9.17) is 10.4 Å². The molecule has 10 heteroatoms. The molecule has 0 fully saturated rings. The summed E-state index contributed by atoms with van der Waals surface area (Å²) in [6, 6.07) is 8.25. The van der Waals surface area contributed by atoms with E-state index >= 15 is 0 Å². The SMILES string of the molecule is N#Cc1ccc(CCCC(=O)NCC(O)(C(F)(F)F)C(F)(F)F)cc1. The molecule has 0 saturated carbocycles. The van der Waals surface area contributed by atoms with Crippen molar-refractivity contribution in [3.63, 3.8) is 0 Å². The van der Waals surface area contributed by atoms with Crippen molar-refractivity contribution in [2.24, 2.45) is 0 Å². The van der Waals surface area contributed by atoms with Crippen LogP contribution in [0.15, 0.2) is 24.3 Å². The van der Waals surface area contributed by atoms with Gasteiger partial charge in [-0.15, -0.1) is 0 Å². The van der Waals surface area contributed by atoms with Gasteiger partial charge in [0.25, 0.3) is 5.60 Å². The van der Waals surface area contributed by atoms with Crippen LogP contribution < -0.4 is 5.32 Å². The van der Waals surface area contributed by atoms with Crippen molar-refractivity contribution < 1.29 is 36.2 Å². The minimum Gasteiger partial charge on any atom is -0.372 e. The van der Waals surface area contributed by atoms with Gasteiger partial charge in [0.05, 0.1) is 18.2 Å². The predicted molar refractivity (Wildman–Crippen MR) is 74.2 cm³/mol. The first kappa shape index (κ1) is 20.8. The smallest absolute Gasteiger partial charge is 0.372 e. The van der Waals surface area contributed by atoms with Gasteiger partial charge in [0.2, 0.25) is 5.91 Å². The van der Waals surface area contributed by atoms with E-state index in [2.05, 4.69) is 0 Å². The summed E-state index contributed by atoms with van der Waals surface area (Å²) >= 11 is 0. The minimum absolute atomic E-state index is 0.175. The third kappa shape index (κ3) is 5.35. The number of amides is 1. The lowest BCUT2D eigenvalue weighted by atomic mass is 10.0. The minimum atomic E-state index is -5.97. The molecule has 138 valence electrons. The van der Waals surface area contributed by atoms with E-state index in [1.54, 1.807) is 24.3 Å². The van der Waals surface area contributed by atoms with E-state index in [1.165, 1.54) is 5.32 Å². The zero-order valence-corrected chi connectivity index (χ0v) is 12.7. The summed E-state index contributed by atoms with van der Waals surface area (Å²) in [5, 5.41) is 19.0. The number of aliphatic hydroxyl groups is 1. The highest BCUT2D eigenvalue weighted by Crippen LogP contribution is 2.42. The fraction of sp³-hybridized carbons (Fsp3) is 0.467. The van der Waals surface area contributed by atoms with Gasteiger partial charge in [0.1, 0.15) is 0 Å². The van der Waals surface area contributed by atoms with Crippen molar-refractivity contribution in [1.29, 1.82) is 5.26 Å². The Morgan fingerprint density at radius 1 is 1.08 bits per heavy atom. The zero-order valence-electron chi connectivity index (χ0n) is 12.7. The molecule has 0 bridgehead atoms. The van der Waals surface area contributed by atoms with Crippen LogP contribution in [0.1, 0.15) is 24.0 Å². The lowest BCUT2D eigenvalue weighted by Crippen LogP contribution is -2.62. The van der Waals surface area contributed by atoms with Crippen molar-refractivity contribution in [3.8, 4) is 6.07 Å². The largest absolute Gasteiger partial charge is 0.428 e. The van der Waals surface area contributed by atoms with Gasteiger partial charge < -0.3 is 10.4 Å². The Hall–Kier alpha value is -2.28. The Kier molecular flexibility index (Phi) is 6.42. The fourth-order valence-corrected chi connectivity index (χ4v) is 1.88. The Morgan fingerprint density at radius 2 is 1.60 bits per heavy atom. The molecule has 0 aliphatic carbocycles. The van der Waals surface area contributed by atoms with Crippen molar-refractivity contribution >= 4 is 5.91 Å². The van der Waals surface area contributed by atoms with Crippen LogP contribution in [0.25, 0.3) is 0 Å². The number of benzene rings is 1. The standard InChI is InChI=1S/C15H14F6N2O2/c16-14(17,18)13(25,15(19,20)21)9-23-12(24)3-1-2-10-4-6-11(8-22)7-5-10/h4-7,25H,1-3,9H2,(H,23,24). The van der Waals surface area contributed by atoms with Gasteiger partial charge in [-0.2, -0.15) is 31.6 Å². The van der Waals surface area contributed by atoms with E-state index in [-0.39, 0.29) is 12.8 Å². The lowest BCUT2D eigenvalue weighted by Gasteiger charge is -2.32. The van der Waals surface area contributed by atoms with Gasteiger partial charge in [-0.3, -0.25) is 4.79 Å². The molecule has 4 nitrogen and oxygen atoms in total. The third-order valence-electron chi connectivity index (χ3n) is 3.43. The molecule has 0 aliphatic heterocycles. The number of alkyl halides is 6. The molecule has 0 aromatic heterocycles. The van der Waals surface area contributed by atoms with Crippen LogP contribution in [0.5, 0.6) is 0 Å². The number of nitrogens with zero attached hydrogens (tertiary/aromatic N) is 1. The van der Waals surface area contributed by atoms with Gasteiger partial charge in [-0.05, 0) is 30.5 Å². The summed E-state index contributed by atoms with van der Waals surface area (Å²) in [4.78, 5) is 11.4. The predicted octanol–water partition coefficient (Wildman–Crippen LogP) is 2.85. The van der Waals surface area contributed by atoms with E-state index in [0.717, 1.165) is 5.56 Å². The number of halogens is 6. The van der Waals surface area contributed by atoms with Crippen LogP contribution in [0.4, 0.5) is 26.3 Å². The van der Waals surface area contributed by atoms with Gasteiger partial charge >= 0.3 is 12.4 Å². The summed E-state index contributed by atoms with van der Waals surface area (Å²) in [5.41, 5.74) is -3.81. The molecular weight excluding hydrogens is 354 g/mol. The van der Waals surface area contributed by atoms with Gasteiger partial charge in [-0.25, -0.2) is 0 Å². The van der Waals surface area contributed by atoms with Crippen molar-refractivity contribution in [2.75, 3.05) is 6.54 Å². The van der Waals surface area contributed by atoms with Crippen LogP contribution in [0, 0.1) is 11.3 Å². The molecular formula is C15H14F6N2O2. The number of aryl methyl sites for hydroxylation is 1. The Labute approximate surface area is 139 Å². The molecule has 0 radical (unpaired) electrons. The van der Waals surface area contributed by atoms with Gasteiger partial charge in [0, 0.05) is 6.42 Å². The maximum absolute atomic E-state index is 12.4. The highest BCUT2D eigenvalue weighted by molar-refractivity contribution is 5.76. The molecule has 1 rings (SSSR count). The fourth-order valence-electron chi connectivity index (χ4n) is 1.88. The molecule has 0 heterocycles. The lowest BCUT2D eigenvalue weighted by molar-refractivity contribution is -0.364. The second-order valence-corrected chi connectivity index (χ2v) is 5.29.